The first kappa shape index (κ1) is 19.8. The molecule has 1 amide bonds. The predicted molar refractivity (Wildman–Crippen MR) is 118 cm³/mol. The Morgan fingerprint density at radius 3 is 2.83 bits per heavy atom. The number of hydrogen-bond donors (Lipinski definition) is 1. The number of benzene rings is 2. The number of halogens is 1. The topological polar surface area (TPSA) is 79.4 Å². The number of hydrogen-bond acceptors (Lipinski definition) is 4. The quantitative estimate of drug-likeness (QED) is 0.615. The lowest BCUT2D eigenvalue weighted by Crippen LogP contribution is -2.37. The highest BCUT2D eigenvalue weighted by molar-refractivity contribution is 9.10. The first-order chi connectivity index (χ1) is 13.8. The Hall–Kier alpha value is -2.45. The summed E-state index contributed by atoms with van der Waals surface area (Å²) in [4.78, 5) is 17.2. The van der Waals surface area contributed by atoms with Gasteiger partial charge in [-0.25, -0.2) is 8.42 Å². The fraction of sp³-hybridized carbons (Fsp3) is 0.238. The van der Waals surface area contributed by atoms with Gasteiger partial charge in [-0.3, -0.25) is 14.1 Å². The summed E-state index contributed by atoms with van der Waals surface area (Å²) >= 11 is 3.42. The van der Waals surface area contributed by atoms with Crippen LogP contribution in [0.3, 0.4) is 0 Å². The Morgan fingerprint density at radius 1 is 1.21 bits per heavy atom. The Morgan fingerprint density at radius 2 is 2.00 bits per heavy atom. The van der Waals surface area contributed by atoms with Crippen LogP contribution in [0.25, 0.3) is 10.9 Å². The average Bonchev–Trinajstić information content (AvgIpc) is 3.12. The molecular formula is C21H20BrN3O3S. The summed E-state index contributed by atoms with van der Waals surface area (Å²) < 4.78 is 27.9. The maximum absolute atomic E-state index is 12.8. The van der Waals surface area contributed by atoms with Gasteiger partial charge in [0.1, 0.15) is 0 Å². The van der Waals surface area contributed by atoms with Crippen LogP contribution in [0.5, 0.6) is 0 Å². The van der Waals surface area contributed by atoms with Crippen molar-refractivity contribution in [1.82, 2.24) is 10.3 Å². The van der Waals surface area contributed by atoms with Gasteiger partial charge in [-0.15, -0.1) is 0 Å². The molecule has 1 N–H and O–H groups in total. The molecule has 0 saturated heterocycles. The molecule has 0 saturated carbocycles. The smallest absolute Gasteiger partial charge is 0.252 e. The van der Waals surface area contributed by atoms with Crippen LogP contribution in [-0.2, 0) is 16.4 Å². The molecule has 0 atom stereocenters. The van der Waals surface area contributed by atoms with Crippen LogP contribution in [0.15, 0.2) is 53.0 Å². The van der Waals surface area contributed by atoms with Gasteiger partial charge in [0.05, 0.1) is 22.5 Å². The summed E-state index contributed by atoms with van der Waals surface area (Å²) in [6.07, 6.45) is 0.707. The van der Waals surface area contributed by atoms with Crippen molar-refractivity contribution in [2.45, 2.75) is 13.3 Å². The number of aromatic nitrogens is 1. The molecule has 4 rings (SSSR count). The van der Waals surface area contributed by atoms with E-state index in [0.717, 1.165) is 32.3 Å². The number of amides is 1. The Labute approximate surface area is 178 Å². The van der Waals surface area contributed by atoms with E-state index in [-0.39, 0.29) is 18.2 Å². The van der Waals surface area contributed by atoms with Crippen molar-refractivity contribution in [3.8, 4) is 0 Å². The van der Waals surface area contributed by atoms with E-state index in [2.05, 4.69) is 26.2 Å². The van der Waals surface area contributed by atoms with Crippen LogP contribution in [-0.4, -0.2) is 38.2 Å². The first-order valence-corrected chi connectivity index (χ1v) is 11.7. The summed E-state index contributed by atoms with van der Waals surface area (Å²) in [5, 5.41) is 3.47. The molecule has 2 heterocycles. The van der Waals surface area contributed by atoms with E-state index in [9.17, 15) is 13.2 Å². The second kappa shape index (κ2) is 7.76. The molecule has 3 aromatic rings. The van der Waals surface area contributed by atoms with Gasteiger partial charge >= 0.3 is 0 Å². The monoisotopic (exact) mass is 473 g/mol. The van der Waals surface area contributed by atoms with Gasteiger partial charge in [0.25, 0.3) is 5.91 Å². The number of nitrogens with one attached hydrogen (secondary N) is 1. The number of nitrogens with zero attached hydrogens (tertiary/aromatic N) is 2. The molecule has 8 heteroatoms. The van der Waals surface area contributed by atoms with Gasteiger partial charge in [0.2, 0.25) is 10.0 Å². The van der Waals surface area contributed by atoms with E-state index in [1.807, 2.05) is 49.4 Å². The lowest BCUT2D eigenvalue weighted by Gasteiger charge is -2.19. The minimum atomic E-state index is -3.51. The summed E-state index contributed by atoms with van der Waals surface area (Å²) in [5.41, 5.74) is 3.70. The zero-order valence-electron chi connectivity index (χ0n) is 15.9. The van der Waals surface area contributed by atoms with E-state index < -0.39 is 10.0 Å². The SMILES string of the molecule is Cc1cc(C(=O)NCCS(=O)(=O)N2CCc3ccccc32)c2cc(Br)ccc2n1. The Kier molecular flexibility index (Phi) is 5.31. The summed E-state index contributed by atoms with van der Waals surface area (Å²) in [6, 6.07) is 14.8. The minimum Gasteiger partial charge on any atom is -0.351 e. The molecule has 2 aromatic carbocycles. The van der Waals surface area contributed by atoms with Gasteiger partial charge in [-0.05, 0) is 49.2 Å². The van der Waals surface area contributed by atoms with Crippen LogP contribution in [0, 0.1) is 6.92 Å². The highest BCUT2D eigenvalue weighted by atomic mass is 79.9. The molecule has 0 aliphatic carbocycles. The van der Waals surface area contributed by atoms with Crippen LogP contribution in [0.4, 0.5) is 5.69 Å². The fourth-order valence-corrected chi connectivity index (χ4v) is 5.40. The zero-order chi connectivity index (χ0) is 20.6. The molecule has 29 heavy (non-hydrogen) atoms. The number of anilines is 1. The van der Waals surface area contributed by atoms with Gasteiger partial charge in [-0.1, -0.05) is 34.1 Å². The molecule has 1 aromatic heterocycles. The summed E-state index contributed by atoms with van der Waals surface area (Å²) in [5.74, 6) is -0.464. The minimum absolute atomic E-state index is 0.0384. The first-order valence-electron chi connectivity index (χ1n) is 9.28. The third-order valence-corrected chi connectivity index (χ3v) is 7.23. The summed E-state index contributed by atoms with van der Waals surface area (Å²) in [6.45, 7) is 2.31. The fourth-order valence-electron chi connectivity index (χ4n) is 3.61. The Bertz CT molecular complexity index is 1210. The maximum Gasteiger partial charge on any atom is 0.252 e. The molecule has 150 valence electrons. The standard InChI is InChI=1S/C21H20BrN3O3S/c1-14-12-18(17-13-16(22)6-7-19(17)24-14)21(26)23-9-11-29(27,28)25-10-8-15-4-2-3-5-20(15)25/h2-7,12-13H,8-11H2,1H3,(H,23,26). The number of carbonyl (C=O) groups excluding carboxylic acids is 1. The number of rotatable bonds is 5. The average molecular weight is 474 g/mol. The molecule has 0 unspecified atom stereocenters. The van der Waals surface area contributed by atoms with E-state index in [0.29, 0.717) is 18.5 Å². The van der Waals surface area contributed by atoms with Gasteiger partial charge < -0.3 is 5.32 Å². The van der Waals surface area contributed by atoms with E-state index in [1.165, 1.54) is 4.31 Å². The van der Waals surface area contributed by atoms with Gasteiger partial charge in [-0.2, -0.15) is 0 Å². The second-order valence-corrected chi connectivity index (χ2v) is 9.92. The molecule has 6 nitrogen and oxygen atoms in total. The molecular weight excluding hydrogens is 454 g/mol. The van der Waals surface area contributed by atoms with Crippen molar-refractivity contribution in [3.05, 3.63) is 69.8 Å². The predicted octanol–water partition coefficient (Wildman–Crippen LogP) is 3.43. The molecule has 1 aliphatic rings. The Balaban J connectivity index is 1.48. The largest absolute Gasteiger partial charge is 0.351 e. The van der Waals surface area contributed by atoms with Crippen LogP contribution < -0.4 is 9.62 Å². The van der Waals surface area contributed by atoms with Crippen LogP contribution in [0.2, 0.25) is 0 Å². The second-order valence-electron chi connectivity index (χ2n) is 7.00. The molecule has 1 aliphatic heterocycles. The number of para-hydroxylation sites is 1. The lowest BCUT2D eigenvalue weighted by molar-refractivity contribution is 0.0957. The summed E-state index contributed by atoms with van der Waals surface area (Å²) in [7, 11) is -3.51. The molecule has 0 spiro atoms. The van der Waals surface area contributed by atoms with E-state index >= 15 is 0 Å². The number of sulfonamides is 1. The van der Waals surface area contributed by atoms with Crippen molar-refractivity contribution in [3.63, 3.8) is 0 Å². The van der Waals surface area contributed by atoms with Gasteiger partial charge in [0.15, 0.2) is 0 Å². The van der Waals surface area contributed by atoms with Crippen molar-refractivity contribution < 1.29 is 13.2 Å². The third kappa shape index (κ3) is 4.00. The lowest BCUT2D eigenvalue weighted by atomic mass is 10.1. The van der Waals surface area contributed by atoms with Crippen molar-refractivity contribution in [2.75, 3.05) is 23.1 Å². The molecule has 0 fully saturated rings. The highest BCUT2D eigenvalue weighted by Gasteiger charge is 2.28. The number of pyridine rings is 1. The van der Waals surface area contributed by atoms with Gasteiger partial charge in [0, 0.05) is 28.6 Å². The van der Waals surface area contributed by atoms with Crippen molar-refractivity contribution >= 4 is 48.5 Å². The number of carbonyl (C=O) groups is 1. The zero-order valence-corrected chi connectivity index (χ0v) is 18.3. The van der Waals surface area contributed by atoms with E-state index in [1.54, 1.807) is 6.07 Å². The molecule has 0 radical (unpaired) electrons. The maximum atomic E-state index is 12.8. The van der Waals surface area contributed by atoms with Crippen LogP contribution >= 0.6 is 15.9 Å². The van der Waals surface area contributed by atoms with Crippen molar-refractivity contribution in [1.29, 1.82) is 0 Å². The number of aryl methyl sites for hydroxylation is 1. The van der Waals surface area contributed by atoms with Crippen LogP contribution in [0.1, 0.15) is 21.6 Å². The third-order valence-electron chi connectivity index (χ3n) is 4.97. The van der Waals surface area contributed by atoms with E-state index in [4.69, 9.17) is 0 Å². The highest BCUT2D eigenvalue weighted by Crippen LogP contribution is 2.30. The van der Waals surface area contributed by atoms with Crippen molar-refractivity contribution in [2.24, 2.45) is 0 Å². The molecule has 0 bridgehead atoms. The number of fused-ring (bicyclic) bond motifs is 2. The normalized spacial score (nSPS) is 13.5.